The van der Waals surface area contributed by atoms with Crippen LogP contribution in [0.3, 0.4) is 0 Å². The molecule has 1 unspecified atom stereocenters. The van der Waals surface area contributed by atoms with E-state index in [-0.39, 0.29) is 5.91 Å². The first-order valence-electron chi connectivity index (χ1n) is 7.99. The number of nitrogens with zero attached hydrogens (tertiary/aromatic N) is 1. The summed E-state index contributed by atoms with van der Waals surface area (Å²) in [6, 6.07) is 13.0. The molecule has 3 rings (SSSR count). The molecular weight excluding hydrogens is 326 g/mol. The molecule has 0 aromatic heterocycles. The Morgan fingerprint density at radius 3 is 2.96 bits per heavy atom. The summed E-state index contributed by atoms with van der Waals surface area (Å²) < 4.78 is 5.21. The highest BCUT2D eigenvalue weighted by Gasteiger charge is 2.27. The molecule has 2 aromatic carbocycles. The summed E-state index contributed by atoms with van der Waals surface area (Å²) in [5.74, 6) is 0.842. The van der Waals surface area contributed by atoms with Crippen LogP contribution in [0.25, 0.3) is 0 Å². The zero-order valence-corrected chi connectivity index (χ0v) is 14.3. The Kier molecular flexibility index (Phi) is 5.07. The maximum Gasteiger partial charge on any atom is 0.227 e. The van der Waals surface area contributed by atoms with Gasteiger partial charge in [0.25, 0.3) is 0 Å². The lowest BCUT2D eigenvalue weighted by atomic mass is 9.98. The minimum atomic E-state index is -0.568. The van der Waals surface area contributed by atoms with E-state index in [2.05, 4.69) is 0 Å². The summed E-state index contributed by atoms with van der Waals surface area (Å²) >= 11 is 6.01. The molecule has 5 heteroatoms. The molecule has 1 N–H and O–H groups in total. The van der Waals surface area contributed by atoms with Crippen molar-refractivity contribution in [3.05, 3.63) is 58.6 Å². The number of rotatable bonds is 4. The van der Waals surface area contributed by atoms with E-state index in [4.69, 9.17) is 16.3 Å². The number of hydrogen-bond acceptors (Lipinski definition) is 3. The number of methoxy groups -OCH3 is 1. The molecule has 0 saturated heterocycles. The van der Waals surface area contributed by atoms with Gasteiger partial charge in [-0.3, -0.25) is 4.79 Å². The molecule has 1 aliphatic heterocycles. The number of carbonyl (C=O) groups excluding carboxylic acids is 1. The second kappa shape index (κ2) is 7.24. The molecule has 1 heterocycles. The predicted octanol–water partition coefficient (Wildman–Crippen LogP) is 3.75. The molecule has 1 aliphatic rings. The number of amides is 1. The number of benzene rings is 2. The van der Waals surface area contributed by atoms with Gasteiger partial charge in [-0.15, -0.1) is 0 Å². The Labute approximate surface area is 146 Å². The molecule has 4 nitrogen and oxygen atoms in total. The number of fused-ring (bicyclic) bond motifs is 1. The minimum absolute atomic E-state index is 0.0493. The highest BCUT2D eigenvalue weighted by atomic mass is 35.5. The van der Waals surface area contributed by atoms with Crippen LogP contribution < -0.4 is 9.64 Å². The first kappa shape index (κ1) is 16.8. The molecule has 1 amide bonds. The molecule has 0 radical (unpaired) electrons. The first-order valence-corrected chi connectivity index (χ1v) is 8.37. The topological polar surface area (TPSA) is 49.8 Å². The van der Waals surface area contributed by atoms with Crippen molar-refractivity contribution >= 4 is 23.2 Å². The quantitative estimate of drug-likeness (QED) is 0.918. The highest BCUT2D eigenvalue weighted by molar-refractivity contribution is 6.30. The number of ether oxygens (including phenoxy) is 1. The third-order valence-electron chi connectivity index (χ3n) is 4.33. The second-order valence-electron chi connectivity index (χ2n) is 5.90. The van der Waals surface area contributed by atoms with E-state index in [1.807, 2.05) is 30.3 Å². The molecule has 24 heavy (non-hydrogen) atoms. The predicted molar refractivity (Wildman–Crippen MR) is 94.7 cm³/mol. The largest absolute Gasteiger partial charge is 0.497 e. The maximum absolute atomic E-state index is 12.7. The smallest absolute Gasteiger partial charge is 0.227 e. The number of aliphatic hydroxyl groups excluding tert-OH is 1. The Balaban J connectivity index is 1.73. The van der Waals surface area contributed by atoms with Crippen molar-refractivity contribution < 1.29 is 14.6 Å². The van der Waals surface area contributed by atoms with Crippen molar-refractivity contribution in [3.63, 3.8) is 0 Å². The van der Waals surface area contributed by atoms with E-state index in [0.717, 1.165) is 22.6 Å². The van der Waals surface area contributed by atoms with Crippen LogP contribution in [0.2, 0.25) is 5.02 Å². The van der Waals surface area contributed by atoms with Crippen LogP contribution in [0, 0.1) is 0 Å². The summed E-state index contributed by atoms with van der Waals surface area (Å²) in [4.78, 5) is 14.4. The third-order valence-corrected chi connectivity index (χ3v) is 4.56. The molecule has 0 fully saturated rings. The molecular formula is C19H20ClNO3. The van der Waals surface area contributed by atoms with Crippen LogP contribution in [0.5, 0.6) is 5.75 Å². The van der Waals surface area contributed by atoms with Gasteiger partial charge < -0.3 is 14.7 Å². The normalized spacial score (nSPS) is 16.6. The van der Waals surface area contributed by atoms with Gasteiger partial charge in [-0.2, -0.15) is 0 Å². The van der Waals surface area contributed by atoms with Crippen LogP contribution in [-0.2, 0) is 11.2 Å². The van der Waals surface area contributed by atoms with Crippen molar-refractivity contribution in [1.29, 1.82) is 0 Å². The number of hydrogen-bond donors (Lipinski definition) is 1. The monoisotopic (exact) mass is 345 g/mol. The fourth-order valence-corrected chi connectivity index (χ4v) is 3.22. The average Bonchev–Trinajstić information content (AvgIpc) is 2.60. The number of halogens is 1. The van der Waals surface area contributed by atoms with Crippen LogP contribution in [-0.4, -0.2) is 24.7 Å². The van der Waals surface area contributed by atoms with Gasteiger partial charge >= 0.3 is 0 Å². The van der Waals surface area contributed by atoms with E-state index >= 15 is 0 Å². The Morgan fingerprint density at radius 2 is 2.17 bits per heavy atom. The Hall–Kier alpha value is -2.04. The third kappa shape index (κ3) is 3.55. The molecule has 1 atom stereocenters. The summed E-state index contributed by atoms with van der Waals surface area (Å²) in [6.45, 7) is 0.521. The number of carbonyl (C=O) groups is 1. The molecule has 126 valence electrons. The molecule has 0 aliphatic carbocycles. The zero-order valence-electron chi connectivity index (χ0n) is 13.5. The van der Waals surface area contributed by atoms with Gasteiger partial charge in [-0.25, -0.2) is 0 Å². The SMILES string of the molecule is COc1cccc(CCC(=O)N2CCC(O)c3cc(Cl)ccc32)c1. The van der Waals surface area contributed by atoms with Crippen molar-refractivity contribution in [2.45, 2.75) is 25.4 Å². The number of aryl methyl sites for hydroxylation is 1. The van der Waals surface area contributed by atoms with E-state index in [9.17, 15) is 9.90 Å². The summed E-state index contributed by atoms with van der Waals surface area (Å²) in [6.07, 6.45) is 1.02. The van der Waals surface area contributed by atoms with Crippen molar-refractivity contribution in [2.75, 3.05) is 18.6 Å². The van der Waals surface area contributed by atoms with Crippen LogP contribution in [0.1, 0.15) is 30.1 Å². The van der Waals surface area contributed by atoms with E-state index in [0.29, 0.717) is 30.8 Å². The Bertz CT molecular complexity index is 747. The fraction of sp³-hybridized carbons (Fsp3) is 0.316. The van der Waals surface area contributed by atoms with Gasteiger partial charge in [0.2, 0.25) is 5.91 Å². The van der Waals surface area contributed by atoms with Crippen molar-refractivity contribution in [1.82, 2.24) is 0 Å². The summed E-state index contributed by atoms with van der Waals surface area (Å²) in [7, 11) is 1.63. The highest BCUT2D eigenvalue weighted by Crippen LogP contribution is 2.35. The fourth-order valence-electron chi connectivity index (χ4n) is 3.04. The lowest BCUT2D eigenvalue weighted by molar-refractivity contribution is -0.118. The second-order valence-corrected chi connectivity index (χ2v) is 6.34. The Morgan fingerprint density at radius 1 is 1.33 bits per heavy atom. The summed E-state index contributed by atoms with van der Waals surface area (Å²) in [5.41, 5.74) is 2.55. The van der Waals surface area contributed by atoms with E-state index in [1.165, 1.54) is 0 Å². The molecule has 2 aromatic rings. The lowest BCUT2D eigenvalue weighted by Gasteiger charge is -2.32. The number of anilines is 1. The van der Waals surface area contributed by atoms with Crippen molar-refractivity contribution in [3.8, 4) is 5.75 Å². The van der Waals surface area contributed by atoms with Gasteiger partial charge in [-0.1, -0.05) is 23.7 Å². The van der Waals surface area contributed by atoms with Crippen molar-refractivity contribution in [2.24, 2.45) is 0 Å². The first-order chi connectivity index (χ1) is 11.6. The molecule has 0 spiro atoms. The van der Waals surface area contributed by atoms with Gasteiger partial charge in [0.05, 0.1) is 13.2 Å². The lowest BCUT2D eigenvalue weighted by Crippen LogP contribution is -2.36. The standard InChI is InChI=1S/C19H20ClNO3/c1-24-15-4-2-3-13(11-15)5-8-19(23)21-10-9-18(22)16-12-14(20)6-7-17(16)21/h2-4,6-7,11-12,18,22H,5,8-10H2,1H3. The maximum atomic E-state index is 12.7. The van der Waals surface area contributed by atoms with Crippen LogP contribution in [0.15, 0.2) is 42.5 Å². The van der Waals surface area contributed by atoms with E-state index < -0.39 is 6.10 Å². The van der Waals surface area contributed by atoms with Crippen LogP contribution >= 0.6 is 11.6 Å². The van der Waals surface area contributed by atoms with Gasteiger partial charge in [-0.05, 0) is 48.7 Å². The number of aliphatic hydroxyl groups is 1. The molecule has 0 saturated carbocycles. The van der Waals surface area contributed by atoms with Gasteiger partial charge in [0.15, 0.2) is 0 Å². The minimum Gasteiger partial charge on any atom is -0.497 e. The van der Waals surface area contributed by atoms with Gasteiger partial charge in [0.1, 0.15) is 5.75 Å². The average molecular weight is 346 g/mol. The van der Waals surface area contributed by atoms with E-state index in [1.54, 1.807) is 24.1 Å². The van der Waals surface area contributed by atoms with Crippen LogP contribution in [0.4, 0.5) is 5.69 Å². The van der Waals surface area contributed by atoms with Gasteiger partial charge in [0, 0.05) is 29.2 Å². The zero-order chi connectivity index (χ0) is 17.1. The summed E-state index contributed by atoms with van der Waals surface area (Å²) in [5, 5.41) is 10.7. The molecule has 0 bridgehead atoms.